The molecule has 0 spiro atoms. The van der Waals surface area contributed by atoms with Crippen LogP contribution in [0.5, 0.6) is 5.75 Å². The Labute approximate surface area is 173 Å². The van der Waals surface area contributed by atoms with Crippen molar-refractivity contribution in [2.45, 2.75) is 0 Å². The zero-order chi connectivity index (χ0) is 20.3. The van der Waals surface area contributed by atoms with Crippen LogP contribution >= 0.6 is 0 Å². The number of hydrogen-bond acceptors (Lipinski definition) is 4. The number of benzene rings is 3. The molecule has 0 saturated heterocycles. The fourth-order valence-corrected chi connectivity index (χ4v) is 3.35. The summed E-state index contributed by atoms with van der Waals surface area (Å²) >= 11 is 0. The second kappa shape index (κ2) is 7.64. The van der Waals surface area contributed by atoms with Gasteiger partial charge in [0.15, 0.2) is 11.4 Å². The van der Waals surface area contributed by atoms with Crippen LogP contribution in [0.4, 0.5) is 0 Å². The van der Waals surface area contributed by atoms with Gasteiger partial charge in [0.25, 0.3) is 0 Å². The highest BCUT2D eigenvalue weighted by Crippen LogP contribution is 2.26. The SMILES string of the molecule is O=C(Oc1cccc2cccnc12)c1cc(-c2ccccc2)nn1-c1ccccc1. The first-order chi connectivity index (χ1) is 14.8. The molecular formula is C25H17N3O2. The van der Waals surface area contributed by atoms with Crippen LogP contribution in [0.25, 0.3) is 27.8 Å². The highest BCUT2D eigenvalue weighted by Gasteiger charge is 2.20. The zero-order valence-electron chi connectivity index (χ0n) is 16.0. The van der Waals surface area contributed by atoms with E-state index >= 15 is 0 Å². The lowest BCUT2D eigenvalue weighted by Gasteiger charge is -2.09. The smallest absolute Gasteiger partial charge is 0.362 e. The molecule has 0 amide bonds. The van der Waals surface area contributed by atoms with Crippen molar-refractivity contribution in [2.75, 3.05) is 0 Å². The Balaban J connectivity index is 1.58. The van der Waals surface area contributed by atoms with E-state index in [1.165, 1.54) is 0 Å². The molecule has 0 aliphatic rings. The third-order valence-corrected chi connectivity index (χ3v) is 4.79. The molecule has 0 unspecified atom stereocenters. The van der Waals surface area contributed by atoms with E-state index in [1.807, 2.05) is 84.9 Å². The number of carbonyl (C=O) groups excluding carboxylic acids is 1. The summed E-state index contributed by atoms with van der Waals surface area (Å²) in [6.07, 6.45) is 1.68. The maximum atomic E-state index is 13.2. The topological polar surface area (TPSA) is 57.0 Å². The number of ether oxygens (including phenoxy) is 1. The van der Waals surface area contributed by atoms with E-state index in [0.29, 0.717) is 22.7 Å². The Morgan fingerprint density at radius 3 is 2.33 bits per heavy atom. The number of fused-ring (bicyclic) bond motifs is 1. The Bertz CT molecular complexity index is 1320. The van der Waals surface area contributed by atoms with E-state index in [9.17, 15) is 4.79 Å². The Morgan fingerprint density at radius 1 is 0.800 bits per heavy atom. The van der Waals surface area contributed by atoms with Crippen molar-refractivity contribution in [3.05, 3.63) is 109 Å². The van der Waals surface area contributed by atoms with Crippen molar-refractivity contribution >= 4 is 16.9 Å². The number of nitrogens with zero attached hydrogens (tertiary/aromatic N) is 3. The summed E-state index contributed by atoms with van der Waals surface area (Å²) in [6, 6.07) is 30.3. The Hall–Kier alpha value is -4.25. The normalized spacial score (nSPS) is 10.8. The molecule has 0 N–H and O–H groups in total. The van der Waals surface area contributed by atoms with Crippen molar-refractivity contribution in [3.63, 3.8) is 0 Å². The summed E-state index contributed by atoms with van der Waals surface area (Å²) < 4.78 is 7.38. The second-order valence-electron chi connectivity index (χ2n) is 6.75. The second-order valence-corrected chi connectivity index (χ2v) is 6.75. The zero-order valence-corrected chi connectivity index (χ0v) is 16.0. The molecule has 5 aromatic rings. The molecule has 5 rings (SSSR count). The number of rotatable bonds is 4. The van der Waals surface area contributed by atoms with E-state index in [2.05, 4.69) is 10.1 Å². The van der Waals surface area contributed by atoms with E-state index in [0.717, 1.165) is 16.6 Å². The predicted octanol–water partition coefficient (Wildman–Crippen LogP) is 5.31. The van der Waals surface area contributed by atoms with Crippen LogP contribution in [-0.4, -0.2) is 20.7 Å². The summed E-state index contributed by atoms with van der Waals surface area (Å²) in [6.45, 7) is 0. The molecule has 0 bridgehead atoms. The first-order valence-electron chi connectivity index (χ1n) is 9.56. The summed E-state index contributed by atoms with van der Waals surface area (Å²) in [5.41, 5.74) is 3.38. The van der Waals surface area contributed by atoms with Crippen LogP contribution in [0.2, 0.25) is 0 Å². The monoisotopic (exact) mass is 391 g/mol. The van der Waals surface area contributed by atoms with Crippen molar-refractivity contribution in [2.24, 2.45) is 0 Å². The van der Waals surface area contributed by atoms with Gasteiger partial charge in [0.2, 0.25) is 0 Å². The summed E-state index contributed by atoms with van der Waals surface area (Å²) in [4.78, 5) is 17.5. The van der Waals surface area contributed by atoms with Gasteiger partial charge in [-0.05, 0) is 30.3 Å². The minimum Gasteiger partial charge on any atom is -0.419 e. The molecule has 0 aliphatic heterocycles. The quantitative estimate of drug-likeness (QED) is 0.308. The summed E-state index contributed by atoms with van der Waals surface area (Å²) in [7, 11) is 0. The Morgan fingerprint density at radius 2 is 1.53 bits per heavy atom. The molecule has 0 saturated carbocycles. The molecule has 144 valence electrons. The van der Waals surface area contributed by atoms with Crippen molar-refractivity contribution < 1.29 is 9.53 Å². The average Bonchev–Trinajstić information content (AvgIpc) is 3.26. The lowest BCUT2D eigenvalue weighted by atomic mass is 10.1. The number of pyridine rings is 1. The highest BCUT2D eigenvalue weighted by atomic mass is 16.5. The van der Waals surface area contributed by atoms with Gasteiger partial charge in [0, 0.05) is 17.1 Å². The van der Waals surface area contributed by atoms with E-state index < -0.39 is 5.97 Å². The van der Waals surface area contributed by atoms with E-state index in [-0.39, 0.29) is 0 Å². The van der Waals surface area contributed by atoms with Gasteiger partial charge >= 0.3 is 5.97 Å². The molecule has 5 heteroatoms. The van der Waals surface area contributed by atoms with Crippen LogP contribution in [0.3, 0.4) is 0 Å². The third kappa shape index (κ3) is 3.33. The predicted molar refractivity (Wildman–Crippen MR) is 116 cm³/mol. The lowest BCUT2D eigenvalue weighted by Crippen LogP contribution is -2.14. The summed E-state index contributed by atoms with van der Waals surface area (Å²) in [5, 5.41) is 5.58. The standard InChI is InChI=1S/C25H17N3O2/c29-25(30-23-15-7-11-19-12-8-16-26-24(19)23)22-17-21(18-9-3-1-4-10-18)27-28(22)20-13-5-2-6-14-20/h1-17H. The van der Waals surface area contributed by atoms with Gasteiger partial charge in [-0.3, -0.25) is 4.98 Å². The van der Waals surface area contributed by atoms with Gasteiger partial charge in [-0.2, -0.15) is 5.10 Å². The van der Waals surface area contributed by atoms with Crippen LogP contribution in [-0.2, 0) is 0 Å². The van der Waals surface area contributed by atoms with Gasteiger partial charge in [-0.25, -0.2) is 9.48 Å². The number of esters is 1. The minimum atomic E-state index is -0.494. The molecule has 5 nitrogen and oxygen atoms in total. The van der Waals surface area contributed by atoms with E-state index in [4.69, 9.17) is 4.74 Å². The molecule has 0 radical (unpaired) electrons. The van der Waals surface area contributed by atoms with Gasteiger partial charge in [0.1, 0.15) is 5.52 Å². The largest absolute Gasteiger partial charge is 0.419 e. The minimum absolute atomic E-state index is 0.341. The maximum Gasteiger partial charge on any atom is 0.362 e. The van der Waals surface area contributed by atoms with Crippen molar-refractivity contribution in [1.82, 2.24) is 14.8 Å². The average molecular weight is 391 g/mol. The number of para-hydroxylation sites is 2. The van der Waals surface area contributed by atoms with E-state index in [1.54, 1.807) is 23.0 Å². The highest BCUT2D eigenvalue weighted by molar-refractivity contribution is 5.94. The van der Waals surface area contributed by atoms with Gasteiger partial charge < -0.3 is 4.74 Å². The first-order valence-corrected chi connectivity index (χ1v) is 9.56. The fraction of sp³-hybridized carbons (Fsp3) is 0. The van der Waals surface area contributed by atoms with Crippen LogP contribution < -0.4 is 4.74 Å². The fourth-order valence-electron chi connectivity index (χ4n) is 3.35. The molecule has 0 aliphatic carbocycles. The molecule has 0 fully saturated rings. The van der Waals surface area contributed by atoms with Crippen LogP contribution in [0.1, 0.15) is 10.5 Å². The van der Waals surface area contributed by atoms with Gasteiger partial charge in [-0.15, -0.1) is 0 Å². The van der Waals surface area contributed by atoms with Crippen LogP contribution in [0.15, 0.2) is 103 Å². The molecule has 2 heterocycles. The number of hydrogen-bond donors (Lipinski definition) is 0. The molecule has 3 aromatic carbocycles. The molecule has 0 atom stereocenters. The Kier molecular flexibility index (Phi) is 4.54. The first kappa shape index (κ1) is 17.8. The summed E-state index contributed by atoms with van der Waals surface area (Å²) in [5.74, 6) is -0.0770. The van der Waals surface area contributed by atoms with Crippen molar-refractivity contribution in [3.8, 4) is 22.7 Å². The number of carbonyl (C=O) groups is 1. The molecule has 30 heavy (non-hydrogen) atoms. The molecular weight excluding hydrogens is 374 g/mol. The van der Waals surface area contributed by atoms with Gasteiger partial charge in [-0.1, -0.05) is 66.7 Å². The molecule has 2 aromatic heterocycles. The van der Waals surface area contributed by atoms with Gasteiger partial charge in [0.05, 0.1) is 11.4 Å². The number of aromatic nitrogens is 3. The van der Waals surface area contributed by atoms with Crippen molar-refractivity contribution in [1.29, 1.82) is 0 Å². The van der Waals surface area contributed by atoms with Crippen LogP contribution in [0, 0.1) is 0 Å². The third-order valence-electron chi connectivity index (χ3n) is 4.79. The maximum absolute atomic E-state index is 13.2. The lowest BCUT2D eigenvalue weighted by molar-refractivity contribution is 0.0727.